The lowest BCUT2D eigenvalue weighted by molar-refractivity contribution is -0.125. The van der Waals surface area contributed by atoms with E-state index in [9.17, 15) is 18.8 Å². The number of amides is 2. The molecule has 2 N–H and O–H groups in total. The van der Waals surface area contributed by atoms with Crippen LogP contribution in [-0.4, -0.2) is 40.0 Å². The number of nitrogens with zero attached hydrogens (tertiary/aromatic N) is 3. The lowest BCUT2D eigenvalue weighted by Gasteiger charge is -2.30. The van der Waals surface area contributed by atoms with Crippen LogP contribution in [0.3, 0.4) is 0 Å². The first kappa shape index (κ1) is 26.0. The van der Waals surface area contributed by atoms with Gasteiger partial charge in [-0.3, -0.25) is 19.1 Å². The maximum Gasteiger partial charge on any atom is 0.273 e. The van der Waals surface area contributed by atoms with Gasteiger partial charge in [0, 0.05) is 24.8 Å². The summed E-state index contributed by atoms with van der Waals surface area (Å²) in [5.41, 5.74) is 1.28. The van der Waals surface area contributed by atoms with Crippen molar-refractivity contribution >= 4 is 28.5 Å². The van der Waals surface area contributed by atoms with Gasteiger partial charge in [-0.2, -0.15) is 10.4 Å². The lowest BCUT2D eigenvalue weighted by Crippen LogP contribution is -2.54. The summed E-state index contributed by atoms with van der Waals surface area (Å²) in [6.45, 7) is 6.21. The van der Waals surface area contributed by atoms with Gasteiger partial charge in [-0.1, -0.05) is 32.9 Å². The Kier molecular flexibility index (Phi) is 7.39. The predicted molar refractivity (Wildman–Crippen MR) is 136 cm³/mol. The van der Waals surface area contributed by atoms with Gasteiger partial charge in [-0.15, -0.1) is 0 Å². The van der Waals surface area contributed by atoms with E-state index < -0.39 is 23.2 Å². The number of Topliss-reactive ketones (excluding diaryl/α,β-unsaturated/α-hetero) is 1. The molecule has 2 aromatic carbocycles. The second-order valence-corrected chi connectivity index (χ2v) is 10.6. The zero-order chi connectivity index (χ0) is 26.7. The van der Waals surface area contributed by atoms with E-state index in [1.165, 1.54) is 22.9 Å². The Morgan fingerprint density at radius 1 is 1.22 bits per heavy atom. The number of hydrogen-bond acceptors (Lipinski definition) is 5. The number of carbonyl (C=O) groups is 3. The fourth-order valence-electron chi connectivity index (χ4n) is 4.58. The largest absolute Gasteiger partial charge is 0.354 e. The number of fused-ring (bicyclic) bond motifs is 1. The SMILES string of the molecule is CC(C)(C)[C@H](NC(=O)c1nn(Cc2ccc(C#N)cc2)c2cc(F)ccc12)C(=O)NCC1CCC(=O)C1. The molecule has 0 radical (unpaired) electrons. The average molecular weight is 504 g/mol. The van der Waals surface area contributed by atoms with Crippen LogP contribution in [-0.2, 0) is 16.1 Å². The summed E-state index contributed by atoms with van der Waals surface area (Å²) in [6.07, 6.45) is 1.76. The highest BCUT2D eigenvalue weighted by Gasteiger charge is 2.34. The number of hydrogen-bond donors (Lipinski definition) is 2. The summed E-state index contributed by atoms with van der Waals surface area (Å²) in [4.78, 5) is 38.1. The Morgan fingerprint density at radius 2 is 1.95 bits per heavy atom. The summed E-state index contributed by atoms with van der Waals surface area (Å²) >= 11 is 0. The van der Waals surface area contributed by atoms with Crippen LogP contribution in [0.25, 0.3) is 10.9 Å². The Bertz CT molecular complexity index is 1380. The zero-order valence-electron chi connectivity index (χ0n) is 21.2. The van der Waals surface area contributed by atoms with Crippen molar-refractivity contribution in [3.63, 3.8) is 0 Å². The molecule has 192 valence electrons. The predicted octanol–water partition coefficient (Wildman–Crippen LogP) is 3.73. The molecule has 1 heterocycles. The van der Waals surface area contributed by atoms with Gasteiger partial charge in [0.15, 0.2) is 5.69 Å². The van der Waals surface area contributed by atoms with Crippen LogP contribution >= 0.6 is 0 Å². The topological polar surface area (TPSA) is 117 Å². The highest BCUT2D eigenvalue weighted by Crippen LogP contribution is 2.25. The molecule has 1 fully saturated rings. The quantitative estimate of drug-likeness (QED) is 0.510. The molecule has 1 unspecified atom stereocenters. The molecule has 0 bridgehead atoms. The van der Waals surface area contributed by atoms with Gasteiger partial charge < -0.3 is 10.6 Å². The normalized spacial score (nSPS) is 16.4. The molecule has 1 aromatic heterocycles. The van der Waals surface area contributed by atoms with Crippen molar-refractivity contribution in [2.45, 2.75) is 52.6 Å². The first-order valence-electron chi connectivity index (χ1n) is 12.3. The molecule has 1 aliphatic rings. The minimum absolute atomic E-state index is 0.0899. The number of halogens is 1. The monoisotopic (exact) mass is 503 g/mol. The van der Waals surface area contributed by atoms with Crippen molar-refractivity contribution in [3.05, 3.63) is 65.1 Å². The van der Waals surface area contributed by atoms with E-state index in [1.54, 1.807) is 24.3 Å². The average Bonchev–Trinajstić information content (AvgIpc) is 3.43. The van der Waals surface area contributed by atoms with Gasteiger partial charge in [0.25, 0.3) is 5.91 Å². The van der Waals surface area contributed by atoms with Crippen LogP contribution in [0.4, 0.5) is 4.39 Å². The van der Waals surface area contributed by atoms with Gasteiger partial charge in [0.1, 0.15) is 17.6 Å². The van der Waals surface area contributed by atoms with Crippen LogP contribution in [0.1, 0.15) is 61.6 Å². The number of ketones is 1. The highest BCUT2D eigenvalue weighted by atomic mass is 19.1. The molecule has 1 saturated carbocycles. The Hall–Kier alpha value is -4.06. The van der Waals surface area contributed by atoms with Crippen LogP contribution in [0, 0.1) is 28.5 Å². The standard InChI is InChI=1S/C28H30FN5O3/c1-28(2,3)25(27(37)31-15-19-8-10-21(35)12-19)32-26(36)24-22-11-9-20(29)13-23(22)34(33-24)16-18-6-4-17(14-30)5-7-18/h4-7,9,11,13,19,25H,8,10,12,15-16H2,1-3H3,(H,31,37)(H,32,36)/t19?,25-/m1/s1. The van der Waals surface area contributed by atoms with Crippen molar-refractivity contribution in [1.29, 1.82) is 5.26 Å². The number of nitriles is 1. The zero-order valence-corrected chi connectivity index (χ0v) is 21.2. The molecule has 1 aliphatic carbocycles. The van der Waals surface area contributed by atoms with Crippen molar-refractivity contribution < 1.29 is 18.8 Å². The minimum atomic E-state index is -0.851. The first-order chi connectivity index (χ1) is 17.5. The van der Waals surface area contributed by atoms with E-state index in [0.29, 0.717) is 35.9 Å². The van der Waals surface area contributed by atoms with Gasteiger partial charge >= 0.3 is 0 Å². The van der Waals surface area contributed by atoms with E-state index in [2.05, 4.69) is 21.8 Å². The fourth-order valence-corrected chi connectivity index (χ4v) is 4.58. The molecule has 9 heteroatoms. The molecule has 3 aromatic rings. The van der Waals surface area contributed by atoms with E-state index in [4.69, 9.17) is 5.26 Å². The summed E-state index contributed by atoms with van der Waals surface area (Å²) in [7, 11) is 0. The molecule has 0 aliphatic heterocycles. The van der Waals surface area contributed by atoms with Crippen molar-refractivity contribution in [2.24, 2.45) is 11.3 Å². The third-order valence-corrected chi connectivity index (χ3v) is 6.66. The minimum Gasteiger partial charge on any atom is -0.354 e. The van der Waals surface area contributed by atoms with E-state index in [0.717, 1.165) is 12.0 Å². The molecule has 8 nitrogen and oxygen atoms in total. The third-order valence-electron chi connectivity index (χ3n) is 6.66. The maximum atomic E-state index is 14.1. The third kappa shape index (κ3) is 6.02. The number of carbonyl (C=O) groups excluding carboxylic acids is 3. The van der Waals surface area contributed by atoms with Gasteiger partial charge in [0.2, 0.25) is 5.91 Å². The number of rotatable bonds is 7. The van der Waals surface area contributed by atoms with Gasteiger partial charge in [0.05, 0.1) is 23.7 Å². The number of benzene rings is 2. The van der Waals surface area contributed by atoms with Crippen LogP contribution in [0.2, 0.25) is 0 Å². The molecule has 2 amide bonds. The second-order valence-electron chi connectivity index (χ2n) is 10.6. The van der Waals surface area contributed by atoms with E-state index in [-0.39, 0.29) is 29.8 Å². The molecule has 2 atom stereocenters. The van der Waals surface area contributed by atoms with E-state index in [1.807, 2.05) is 20.8 Å². The fraction of sp³-hybridized carbons (Fsp3) is 0.393. The smallest absolute Gasteiger partial charge is 0.273 e. The summed E-state index contributed by atoms with van der Waals surface area (Å²) < 4.78 is 15.7. The Morgan fingerprint density at radius 3 is 2.57 bits per heavy atom. The molecular formula is C28H30FN5O3. The van der Waals surface area contributed by atoms with Gasteiger partial charge in [-0.05, 0) is 53.6 Å². The highest BCUT2D eigenvalue weighted by molar-refractivity contribution is 6.06. The second kappa shape index (κ2) is 10.5. The lowest BCUT2D eigenvalue weighted by atomic mass is 9.86. The maximum absolute atomic E-state index is 14.1. The van der Waals surface area contributed by atoms with Crippen LogP contribution in [0.5, 0.6) is 0 Å². The Labute approximate surface area is 214 Å². The number of nitrogens with one attached hydrogen (secondary N) is 2. The molecule has 37 heavy (non-hydrogen) atoms. The van der Waals surface area contributed by atoms with Gasteiger partial charge in [-0.25, -0.2) is 4.39 Å². The molecular weight excluding hydrogens is 473 g/mol. The van der Waals surface area contributed by atoms with Crippen molar-refractivity contribution in [3.8, 4) is 6.07 Å². The number of aromatic nitrogens is 2. The summed E-state index contributed by atoms with van der Waals surface area (Å²) in [6, 6.07) is 12.2. The van der Waals surface area contributed by atoms with E-state index >= 15 is 0 Å². The summed E-state index contributed by atoms with van der Waals surface area (Å²) in [5, 5.41) is 19.7. The Balaban J connectivity index is 1.57. The molecule has 0 saturated heterocycles. The first-order valence-corrected chi connectivity index (χ1v) is 12.3. The van der Waals surface area contributed by atoms with Crippen LogP contribution in [0.15, 0.2) is 42.5 Å². The summed E-state index contributed by atoms with van der Waals surface area (Å²) in [5.74, 6) is -1.00. The molecule has 0 spiro atoms. The van der Waals surface area contributed by atoms with Crippen molar-refractivity contribution in [2.75, 3.05) is 6.54 Å². The van der Waals surface area contributed by atoms with Crippen molar-refractivity contribution in [1.82, 2.24) is 20.4 Å². The molecule has 4 rings (SSSR count). The van der Waals surface area contributed by atoms with Crippen LogP contribution < -0.4 is 10.6 Å².